The van der Waals surface area contributed by atoms with Crippen molar-refractivity contribution in [2.45, 2.75) is 26.8 Å². The standard InChI is InChI=1S/C15H19N3O/c1-3-13-17-14(10-15(18-13)19-4-2)16-11-12-8-6-5-7-9-12/h5-10H,3-4,11H2,1-2H3,(H,16,17,18). The van der Waals surface area contributed by atoms with Gasteiger partial charge in [0.2, 0.25) is 5.88 Å². The SMILES string of the molecule is CCOc1cc(NCc2ccccc2)nc(CC)n1. The zero-order chi connectivity index (χ0) is 13.5. The molecule has 0 aliphatic carbocycles. The van der Waals surface area contributed by atoms with Gasteiger partial charge in [0.15, 0.2) is 0 Å². The maximum atomic E-state index is 5.45. The maximum absolute atomic E-state index is 5.45. The number of aromatic nitrogens is 2. The number of hydrogen-bond acceptors (Lipinski definition) is 4. The first-order valence-electron chi connectivity index (χ1n) is 6.60. The molecule has 0 aliphatic heterocycles. The summed E-state index contributed by atoms with van der Waals surface area (Å²) in [7, 11) is 0. The van der Waals surface area contributed by atoms with Crippen LogP contribution in [0.15, 0.2) is 36.4 Å². The van der Waals surface area contributed by atoms with Gasteiger partial charge in [-0.3, -0.25) is 0 Å². The van der Waals surface area contributed by atoms with Crippen LogP contribution in [0.5, 0.6) is 5.88 Å². The van der Waals surface area contributed by atoms with Gasteiger partial charge in [0.1, 0.15) is 11.6 Å². The summed E-state index contributed by atoms with van der Waals surface area (Å²) in [5.41, 5.74) is 1.22. The summed E-state index contributed by atoms with van der Waals surface area (Å²) in [6.45, 7) is 5.34. The minimum Gasteiger partial charge on any atom is -0.478 e. The van der Waals surface area contributed by atoms with Crippen molar-refractivity contribution in [3.05, 3.63) is 47.8 Å². The van der Waals surface area contributed by atoms with Crippen molar-refractivity contribution in [3.8, 4) is 5.88 Å². The van der Waals surface area contributed by atoms with E-state index in [0.717, 1.165) is 24.6 Å². The third-order valence-electron chi connectivity index (χ3n) is 2.67. The van der Waals surface area contributed by atoms with Gasteiger partial charge in [0.05, 0.1) is 6.61 Å². The van der Waals surface area contributed by atoms with Crippen LogP contribution in [-0.2, 0) is 13.0 Å². The molecule has 0 fully saturated rings. The monoisotopic (exact) mass is 257 g/mol. The Morgan fingerprint density at radius 3 is 2.58 bits per heavy atom. The molecule has 0 saturated heterocycles. The molecular weight excluding hydrogens is 238 g/mol. The first-order chi connectivity index (χ1) is 9.31. The second kappa shape index (κ2) is 6.73. The van der Waals surface area contributed by atoms with Crippen LogP contribution in [-0.4, -0.2) is 16.6 Å². The quantitative estimate of drug-likeness (QED) is 0.864. The number of aryl methyl sites for hydroxylation is 1. The zero-order valence-electron chi connectivity index (χ0n) is 11.4. The van der Waals surface area contributed by atoms with Crippen molar-refractivity contribution in [3.63, 3.8) is 0 Å². The van der Waals surface area contributed by atoms with E-state index in [0.29, 0.717) is 12.5 Å². The minimum atomic E-state index is 0.609. The summed E-state index contributed by atoms with van der Waals surface area (Å²) in [4.78, 5) is 8.77. The van der Waals surface area contributed by atoms with Crippen LogP contribution in [0.2, 0.25) is 0 Å². The van der Waals surface area contributed by atoms with Crippen LogP contribution in [0, 0.1) is 0 Å². The van der Waals surface area contributed by atoms with Gasteiger partial charge >= 0.3 is 0 Å². The average molecular weight is 257 g/mol. The lowest BCUT2D eigenvalue weighted by Gasteiger charge is -2.09. The molecule has 100 valence electrons. The van der Waals surface area contributed by atoms with E-state index < -0.39 is 0 Å². The number of ether oxygens (including phenoxy) is 1. The Balaban J connectivity index is 2.08. The number of nitrogens with one attached hydrogen (secondary N) is 1. The van der Waals surface area contributed by atoms with Crippen molar-refractivity contribution in [1.29, 1.82) is 0 Å². The Hall–Kier alpha value is -2.10. The van der Waals surface area contributed by atoms with E-state index in [9.17, 15) is 0 Å². The van der Waals surface area contributed by atoms with Gasteiger partial charge in [-0.25, -0.2) is 4.98 Å². The molecule has 0 atom stereocenters. The Morgan fingerprint density at radius 2 is 1.89 bits per heavy atom. The molecule has 0 bridgehead atoms. The summed E-state index contributed by atoms with van der Waals surface area (Å²) in [5, 5.41) is 3.30. The highest BCUT2D eigenvalue weighted by molar-refractivity contribution is 5.39. The third kappa shape index (κ3) is 3.95. The maximum Gasteiger partial charge on any atom is 0.218 e. The smallest absolute Gasteiger partial charge is 0.218 e. The zero-order valence-corrected chi connectivity index (χ0v) is 11.4. The molecule has 1 N–H and O–H groups in total. The number of nitrogens with zero attached hydrogens (tertiary/aromatic N) is 2. The highest BCUT2D eigenvalue weighted by Gasteiger charge is 2.04. The van der Waals surface area contributed by atoms with E-state index in [1.165, 1.54) is 5.56 Å². The van der Waals surface area contributed by atoms with Crippen molar-refractivity contribution in [1.82, 2.24) is 9.97 Å². The van der Waals surface area contributed by atoms with Gasteiger partial charge in [0, 0.05) is 19.0 Å². The summed E-state index contributed by atoms with van der Waals surface area (Å²) in [5.74, 6) is 2.23. The Bertz CT molecular complexity index is 514. The number of rotatable bonds is 6. The molecule has 2 rings (SSSR count). The second-order valence-electron chi connectivity index (χ2n) is 4.13. The van der Waals surface area contributed by atoms with Crippen LogP contribution < -0.4 is 10.1 Å². The average Bonchev–Trinajstić information content (AvgIpc) is 2.46. The van der Waals surface area contributed by atoms with Gasteiger partial charge in [-0.05, 0) is 12.5 Å². The van der Waals surface area contributed by atoms with E-state index >= 15 is 0 Å². The van der Waals surface area contributed by atoms with E-state index in [1.54, 1.807) is 0 Å². The fourth-order valence-corrected chi connectivity index (χ4v) is 1.73. The van der Waals surface area contributed by atoms with Crippen LogP contribution >= 0.6 is 0 Å². The molecule has 1 aromatic heterocycles. The molecule has 0 unspecified atom stereocenters. The van der Waals surface area contributed by atoms with Gasteiger partial charge in [-0.2, -0.15) is 4.98 Å². The molecule has 1 aromatic carbocycles. The van der Waals surface area contributed by atoms with Crippen LogP contribution in [0.25, 0.3) is 0 Å². The van der Waals surface area contributed by atoms with Crippen LogP contribution in [0.4, 0.5) is 5.82 Å². The Kier molecular flexibility index (Phi) is 4.72. The molecule has 4 heteroatoms. The normalized spacial score (nSPS) is 10.2. The molecule has 0 aliphatic rings. The first kappa shape index (κ1) is 13.3. The van der Waals surface area contributed by atoms with Crippen molar-refractivity contribution < 1.29 is 4.74 Å². The van der Waals surface area contributed by atoms with Crippen molar-refractivity contribution >= 4 is 5.82 Å². The largest absolute Gasteiger partial charge is 0.478 e. The van der Waals surface area contributed by atoms with Crippen molar-refractivity contribution in [2.24, 2.45) is 0 Å². The lowest BCUT2D eigenvalue weighted by molar-refractivity contribution is 0.325. The summed E-state index contributed by atoms with van der Waals surface area (Å²) in [6, 6.07) is 12.1. The lowest BCUT2D eigenvalue weighted by atomic mass is 10.2. The van der Waals surface area contributed by atoms with Gasteiger partial charge < -0.3 is 10.1 Å². The van der Waals surface area contributed by atoms with Gasteiger partial charge in [0.25, 0.3) is 0 Å². The van der Waals surface area contributed by atoms with Crippen LogP contribution in [0.3, 0.4) is 0 Å². The van der Waals surface area contributed by atoms with E-state index in [4.69, 9.17) is 4.74 Å². The number of hydrogen-bond donors (Lipinski definition) is 1. The van der Waals surface area contributed by atoms with Crippen molar-refractivity contribution in [2.75, 3.05) is 11.9 Å². The highest BCUT2D eigenvalue weighted by Crippen LogP contribution is 2.15. The van der Waals surface area contributed by atoms with Gasteiger partial charge in [-0.15, -0.1) is 0 Å². The predicted molar refractivity (Wildman–Crippen MR) is 76.3 cm³/mol. The number of benzene rings is 1. The molecule has 4 nitrogen and oxygen atoms in total. The molecule has 1 heterocycles. The second-order valence-corrected chi connectivity index (χ2v) is 4.13. The first-order valence-corrected chi connectivity index (χ1v) is 6.60. The Labute approximate surface area is 113 Å². The fourth-order valence-electron chi connectivity index (χ4n) is 1.73. The summed E-state index contributed by atoms with van der Waals surface area (Å²) >= 11 is 0. The minimum absolute atomic E-state index is 0.609. The summed E-state index contributed by atoms with van der Waals surface area (Å²) < 4.78 is 5.45. The third-order valence-corrected chi connectivity index (χ3v) is 2.67. The van der Waals surface area contributed by atoms with Gasteiger partial charge in [-0.1, -0.05) is 37.3 Å². The highest BCUT2D eigenvalue weighted by atomic mass is 16.5. The topological polar surface area (TPSA) is 47.0 Å². The lowest BCUT2D eigenvalue weighted by Crippen LogP contribution is -2.06. The molecule has 2 aromatic rings. The molecule has 0 spiro atoms. The fraction of sp³-hybridized carbons (Fsp3) is 0.333. The number of anilines is 1. The van der Waals surface area contributed by atoms with E-state index in [1.807, 2.05) is 38.1 Å². The molecule has 0 saturated carbocycles. The summed E-state index contributed by atoms with van der Waals surface area (Å²) in [6.07, 6.45) is 0.793. The molecule has 0 radical (unpaired) electrons. The van der Waals surface area contributed by atoms with E-state index in [2.05, 4.69) is 27.4 Å². The van der Waals surface area contributed by atoms with E-state index in [-0.39, 0.29) is 0 Å². The van der Waals surface area contributed by atoms with Crippen LogP contribution in [0.1, 0.15) is 25.2 Å². The molecule has 19 heavy (non-hydrogen) atoms. The predicted octanol–water partition coefficient (Wildman–Crippen LogP) is 3.05. The Morgan fingerprint density at radius 1 is 1.11 bits per heavy atom. The molecular formula is C15H19N3O. The molecule has 0 amide bonds.